The molecule has 0 saturated heterocycles. The smallest absolute Gasteiger partial charge is 0.0342 e. The second-order valence-electron chi connectivity index (χ2n) is 3.83. The summed E-state index contributed by atoms with van der Waals surface area (Å²) in [5, 5.41) is 0. The minimum absolute atomic E-state index is 0.764. The molecule has 74 valence electrons. The molecule has 14 heavy (non-hydrogen) atoms. The number of rotatable bonds is 2. The summed E-state index contributed by atoms with van der Waals surface area (Å²) in [6.45, 7) is 4.42. The van der Waals surface area contributed by atoms with Crippen LogP contribution < -0.4 is 0 Å². The molecule has 0 bridgehead atoms. The molecule has 0 fully saturated rings. The minimum atomic E-state index is 0.764. The minimum Gasteiger partial charge on any atom is -0.141 e. The van der Waals surface area contributed by atoms with Crippen molar-refractivity contribution in [1.29, 1.82) is 0 Å². The van der Waals surface area contributed by atoms with E-state index in [1.807, 2.05) is 11.3 Å². The third-order valence-electron chi connectivity index (χ3n) is 2.74. The van der Waals surface area contributed by atoms with Gasteiger partial charge in [-0.15, -0.1) is 11.3 Å². The predicted molar refractivity (Wildman–Crippen MR) is 64.6 cm³/mol. The summed E-state index contributed by atoms with van der Waals surface area (Å²) >= 11 is 1.88. The Kier molecular flexibility index (Phi) is 2.87. The van der Waals surface area contributed by atoms with E-state index >= 15 is 0 Å². The summed E-state index contributed by atoms with van der Waals surface area (Å²) in [6, 6.07) is 4.42. The molecular formula is C13H16S. The van der Waals surface area contributed by atoms with Crippen LogP contribution in [0.1, 0.15) is 29.5 Å². The van der Waals surface area contributed by atoms with Gasteiger partial charge in [0.15, 0.2) is 0 Å². The molecule has 1 aliphatic rings. The lowest BCUT2D eigenvalue weighted by Crippen LogP contribution is -1.96. The van der Waals surface area contributed by atoms with Crippen molar-refractivity contribution < 1.29 is 0 Å². The molecule has 1 aromatic heterocycles. The Morgan fingerprint density at radius 1 is 1.43 bits per heavy atom. The van der Waals surface area contributed by atoms with E-state index in [9.17, 15) is 0 Å². The second-order valence-corrected chi connectivity index (χ2v) is 5.12. The molecule has 1 aromatic rings. The highest BCUT2D eigenvalue weighted by atomic mass is 32.1. The normalized spacial score (nSPS) is 21.0. The summed E-state index contributed by atoms with van der Waals surface area (Å²) in [4.78, 5) is 2.81. The molecule has 0 nitrogen and oxygen atoms in total. The maximum Gasteiger partial charge on any atom is 0.0342 e. The molecule has 0 N–H and O–H groups in total. The van der Waals surface area contributed by atoms with Crippen LogP contribution in [0.4, 0.5) is 0 Å². The van der Waals surface area contributed by atoms with Gasteiger partial charge in [0.05, 0.1) is 0 Å². The van der Waals surface area contributed by atoms with Gasteiger partial charge < -0.3 is 0 Å². The van der Waals surface area contributed by atoms with Gasteiger partial charge >= 0.3 is 0 Å². The van der Waals surface area contributed by atoms with Gasteiger partial charge in [-0.25, -0.2) is 0 Å². The fraction of sp³-hybridized carbons (Fsp3) is 0.385. The van der Waals surface area contributed by atoms with Crippen molar-refractivity contribution >= 4 is 16.9 Å². The van der Waals surface area contributed by atoms with Crippen LogP contribution in [-0.2, 0) is 0 Å². The number of hydrogen-bond acceptors (Lipinski definition) is 1. The van der Waals surface area contributed by atoms with Crippen molar-refractivity contribution in [3.05, 3.63) is 40.1 Å². The number of allylic oxidation sites excluding steroid dienone is 4. The zero-order chi connectivity index (χ0) is 9.97. The molecule has 0 aromatic carbocycles. The summed E-state index contributed by atoms with van der Waals surface area (Å²) in [5.41, 5.74) is 1.41. The van der Waals surface area contributed by atoms with Crippen LogP contribution in [0.15, 0.2) is 30.4 Å². The van der Waals surface area contributed by atoms with Crippen LogP contribution in [0.3, 0.4) is 0 Å². The topological polar surface area (TPSA) is 0 Å². The average Bonchev–Trinajstić information content (AvgIpc) is 2.65. The Labute approximate surface area is 90.0 Å². The van der Waals surface area contributed by atoms with E-state index in [4.69, 9.17) is 0 Å². The standard InChI is InChI=1S/C13H16S/c1-3-11-5-7-12(8-6-11)13-9-4-10(2)14-13/h4-5,7-9,11H,3,6H2,1-2H3. The van der Waals surface area contributed by atoms with Crippen molar-refractivity contribution in [3.63, 3.8) is 0 Å². The van der Waals surface area contributed by atoms with Gasteiger partial charge in [-0.05, 0) is 43.4 Å². The molecule has 1 heteroatoms. The second kappa shape index (κ2) is 4.14. The van der Waals surface area contributed by atoms with Crippen molar-refractivity contribution in [2.45, 2.75) is 26.7 Å². The molecule has 0 spiro atoms. The van der Waals surface area contributed by atoms with Crippen molar-refractivity contribution in [2.24, 2.45) is 5.92 Å². The first-order chi connectivity index (χ1) is 6.79. The van der Waals surface area contributed by atoms with E-state index in [0.717, 1.165) is 5.92 Å². The zero-order valence-electron chi connectivity index (χ0n) is 8.79. The molecule has 0 radical (unpaired) electrons. The monoisotopic (exact) mass is 204 g/mol. The maximum atomic E-state index is 2.37. The molecular weight excluding hydrogens is 188 g/mol. The molecule has 1 aliphatic carbocycles. The zero-order valence-corrected chi connectivity index (χ0v) is 9.60. The molecule has 1 atom stereocenters. The van der Waals surface area contributed by atoms with E-state index in [1.165, 1.54) is 28.2 Å². The van der Waals surface area contributed by atoms with Crippen LogP contribution in [-0.4, -0.2) is 0 Å². The van der Waals surface area contributed by atoms with Crippen molar-refractivity contribution in [2.75, 3.05) is 0 Å². The van der Waals surface area contributed by atoms with Gasteiger partial charge in [-0.3, -0.25) is 0 Å². The van der Waals surface area contributed by atoms with Gasteiger partial charge in [0, 0.05) is 9.75 Å². The van der Waals surface area contributed by atoms with Crippen LogP contribution in [0.2, 0.25) is 0 Å². The Morgan fingerprint density at radius 2 is 2.29 bits per heavy atom. The fourth-order valence-electron chi connectivity index (χ4n) is 1.74. The molecule has 0 aliphatic heterocycles. The number of aryl methyl sites for hydroxylation is 1. The van der Waals surface area contributed by atoms with E-state index in [-0.39, 0.29) is 0 Å². The van der Waals surface area contributed by atoms with Crippen LogP contribution in [0.5, 0.6) is 0 Å². The molecule has 2 rings (SSSR count). The van der Waals surface area contributed by atoms with Gasteiger partial charge in [0.2, 0.25) is 0 Å². The lowest BCUT2D eigenvalue weighted by Gasteiger charge is -2.12. The van der Waals surface area contributed by atoms with Gasteiger partial charge in [0.25, 0.3) is 0 Å². The SMILES string of the molecule is CCC1C=CC(c2ccc(C)s2)=CC1. The highest BCUT2D eigenvalue weighted by Gasteiger charge is 2.08. The Morgan fingerprint density at radius 3 is 2.79 bits per heavy atom. The van der Waals surface area contributed by atoms with E-state index in [2.05, 4.69) is 44.2 Å². The van der Waals surface area contributed by atoms with Crippen molar-refractivity contribution in [3.8, 4) is 0 Å². The maximum absolute atomic E-state index is 2.37. The largest absolute Gasteiger partial charge is 0.141 e. The van der Waals surface area contributed by atoms with Crippen LogP contribution in [0.25, 0.3) is 5.57 Å². The first-order valence-corrected chi connectivity index (χ1v) is 6.06. The van der Waals surface area contributed by atoms with E-state index in [1.54, 1.807) is 0 Å². The fourth-order valence-corrected chi connectivity index (χ4v) is 2.63. The van der Waals surface area contributed by atoms with Gasteiger partial charge in [-0.2, -0.15) is 0 Å². The average molecular weight is 204 g/mol. The summed E-state index contributed by atoms with van der Waals surface area (Å²) in [7, 11) is 0. The lowest BCUT2D eigenvalue weighted by molar-refractivity contribution is 0.634. The summed E-state index contributed by atoms with van der Waals surface area (Å²) < 4.78 is 0. The summed E-state index contributed by atoms with van der Waals surface area (Å²) in [6.07, 6.45) is 9.47. The summed E-state index contributed by atoms with van der Waals surface area (Å²) in [5.74, 6) is 0.764. The highest BCUT2D eigenvalue weighted by Crippen LogP contribution is 2.29. The van der Waals surface area contributed by atoms with Crippen LogP contribution in [0, 0.1) is 12.8 Å². The van der Waals surface area contributed by atoms with Gasteiger partial charge in [-0.1, -0.05) is 25.2 Å². The third-order valence-corrected chi connectivity index (χ3v) is 3.79. The van der Waals surface area contributed by atoms with E-state index < -0.39 is 0 Å². The van der Waals surface area contributed by atoms with E-state index in [0.29, 0.717) is 0 Å². The van der Waals surface area contributed by atoms with Crippen LogP contribution >= 0.6 is 11.3 Å². The first-order valence-electron chi connectivity index (χ1n) is 5.24. The predicted octanol–water partition coefficient (Wildman–Crippen LogP) is 4.43. The Bertz CT molecular complexity index is 368. The number of thiophene rings is 1. The quantitative estimate of drug-likeness (QED) is 0.668. The number of hydrogen-bond donors (Lipinski definition) is 0. The molecule has 0 saturated carbocycles. The Hall–Kier alpha value is -0.820. The van der Waals surface area contributed by atoms with Crippen molar-refractivity contribution in [1.82, 2.24) is 0 Å². The van der Waals surface area contributed by atoms with Gasteiger partial charge in [0.1, 0.15) is 0 Å². The molecule has 1 heterocycles. The lowest BCUT2D eigenvalue weighted by atomic mass is 9.94. The molecule has 1 unspecified atom stereocenters. The highest BCUT2D eigenvalue weighted by molar-refractivity contribution is 7.13. The third kappa shape index (κ3) is 1.98. The molecule has 0 amide bonds. The first kappa shape index (κ1) is 9.72. The Balaban J connectivity index is 2.15.